The van der Waals surface area contributed by atoms with Crippen LogP contribution in [0.15, 0.2) is 60.7 Å². The molecule has 27 heavy (non-hydrogen) atoms. The highest BCUT2D eigenvalue weighted by Gasteiger charge is 2.22. The molecule has 0 bridgehead atoms. The zero-order valence-corrected chi connectivity index (χ0v) is 15.3. The molecule has 6 heteroatoms. The fraction of sp³-hybridized carbons (Fsp3) is 0.333. The van der Waals surface area contributed by atoms with Crippen LogP contribution in [0.1, 0.15) is 17.2 Å². The van der Waals surface area contributed by atoms with Gasteiger partial charge in [-0.2, -0.15) is 0 Å². The molecule has 0 aliphatic carbocycles. The van der Waals surface area contributed by atoms with Crippen molar-refractivity contribution in [2.75, 3.05) is 32.8 Å². The number of ether oxygens (including phenoxy) is 1. The number of rotatable bonds is 6. The van der Waals surface area contributed by atoms with Crippen molar-refractivity contribution in [3.63, 3.8) is 0 Å². The molecule has 1 heterocycles. The van der Waals surface area contributed by atoms with Gasteiger partial charge in [0.1, 0.15) is 0 Å². The lowest BCUT2D eigenvalue weighted by atomic mass is 10.1. The van der Waals surface area contributed by atoms with E-state index in [0.29, 0.717) is 26.2 Å². The van der Waals surface area contributed by atoms with E-state index in [-0.39, 0.29) is 6.10 Å². The lowest BCUT2D eigenvalue weighted by Gasteiger charge is -2.33. The van der Waals surface area contributed by atoms with E-state index in [0.717, 1.165) is 24.2 Å². The zero-order chi connectivity index (χ0) is 18.9. The summed E-state index contributed by atoms with van der Waals surface area (Å²) >= 11 is 0. The summed E-state index contributed by atoms with van der Waals surface area (Å²) in [5.41, 5.74) is 2.12. The summed E-state index contributed by atoms with van der Waals surface area (Å²) in [6.07, 6.45) is 0.0461. The standard InChI is InChI=1S/C21H25N3O3/c25-20(21(26)23-15-17-7-3-1-4-8-17)22-11-12-24-13-14-27-19(16-24)18-9-5-2-6-10-18/h1-10,19H,11-16H2,(H,22,25)(H,23,26)/t19-/m0/s1. The molecule has 2 N–H and O–H groups in total. The predicted octanol–water partition coefficient (Wildman–Crippen LogP) is 1.49. The topological polar surface area (TPSA) is 70.7 Å². The summed E-state index contributed by atoms with van der Waals surface area (Å²) in [6, 6.07) is 19.6. The SMILES string of the molecule is O=C(NCCN1CCO[C@H](c2ccccc2)C1)C(=O)NCc1ccccc1. The Labute approximate surface area is 159 Å². The number of nitrogens with one attached hydrogen (secondary N) is 2. The normalized spacial score (nSPS) is 17.3. The Morgan fingerprint density at radius 1 is 0.963 bits per heavy atom. The van der Waals surface area contributed by atoms with Gasteiger partial charge in [-0.1, -0.05) is 60.7 Å². The smallest absolute Gasteiger partial charge is 0.309 e. The second-order valence-electron chi connectivity index (χ2n) is 6.49. The first-order valence-electron chi connectivity index (χ1n) is 9.21. The molecule has 0 radical (unpaired) electrons. The maximum Gasteiger partial charge on any atom is 0.309 e. The molecule has 6 nitrogen and oxygen atoms in total. The van der Waals surface area contributed by atoms with Gasteiger partial charge < -0.3 is 15.4 Å². The molecule has 1 atom stereocenters. The van der Waals surface area contributed by atoms with Crippen LogP contribution in [0.2, 0.25) is 0 Å². The number of amides is 2. The van der Waals surface area contributed by atoms with E-state index >= 15 is 0 Å². The van der Waals surface area contributed by atoms with Gasteiger partial charge in [-0.3, -0.25) is 14.5 Å². The monoisotopic (exact) mass is 367 g/mol. The van der Waals surface area contributed by atoms with Gasteiger partial charge in [0, 0.05) is 32.7 Å². The van der Waals surface area contributed by atoms with Crippen LogP contribution in [0.5, 0.6) is 0 Å². The number of hydrogen-bond donors (Lipinski definition) is 2. The van der Waals surface area contributed by atoms with Crippen molar-refractivity contribution in [3.8, 4) is 0 Å². The molecular formula is C21H25N3O3. The Balaban J connectivity index is 1.37. The molecule has 0 unspecified atom stereocenters. The van der Waals surface area contributed by atoms with Crippen LogP contribution in [-0.4, -0.2) is 49.5 Å². The second kappa shape index (κ2) is 9.85. The summed E-state index contributed by atoms with van der Waals surface area (Å²) in [4.78, 5) is 26.0. The Hall–Kier alpha value is -2.70. The lowest BCUT2D eigenvalue weighted by Crippen LogP contribution is -2.45. The zero-order valence-electron chi connectivity index (χ0n) is 15.3. The molecule has 2 aromatic carbocycles. The van der Waals surface area contributed by atoms with Gasteiger partial charge in [0.25, 0.3) is 0 Å². The first-order chi connectivity index (χ1) is 13.2. The van der Waals surface area contributed by atoms with Gasteiger partial charge in [0.15, 0.2) is 0 Å². The van der Waals surface area contributed by atoms with Crippen molar-refractivity contribution in [1.82, 2.24) is 15.5 Å². The van der Waals surface area contributed by atoms with Crippen LogP contribution in [0.25, 0.3) is 0 Å². The number of morpholine rings is 1. The minimum Gasteiger partial charge on any atom is -0.371 e. The first kappa shape index (κ1) is 19.1. The van der Waals surface area contributed by atoms with E-state index in [1.807, 2.05) is 48.5 Å². The molecule has 1 aliphatic heterocycles. The molecule has 1 aliphatic rings. The number of nitrogens with zero attached hydrogens (tertiary/aromatic N) is 1. The average Bonchev–Trinajstić information content (AvgIpc) is 2.73. The Morgan fingerprint density at radius 2 is 1.63 bits per heavy atom. The van der Waals surface area contributed by atoms with Crippen molar-refractivity contribution in [3.05, 3.63) is 71.8 Å². The molecule has 142 valence electrons. The fourth-order valence-corrected chi connectivity index (χ4v) is 3.04. The lowest BCUT2D eigenvalue weighted by molar-refractivity contribution is -0.139. The summed E-state index contributed by atoms with van der Waals surface area (Å²) in [5.74, 6) is -1.21. The Kier molecular flexibility index (Phi) is 6.96. The summed E-state index contributed by atoms with van der Waals surface area (Å²) in [5, 5.41) is 5.32. The van der Waals surface area contributed by atoms with E-state index in [1.54, 1.807) is 0 Å². The molecular weight excluding hydrogens is 342 g/mol. The van der Waals surface area contributed by atoms with Gasteiger partial charge in [-0.15, -0.1) is 0 Å². The van der Waals surface area contributed by atoms with E-state index < -0.39 is 11.8 Å². The molecule has 0 aromatic heterocycles. The number of carbonyl (C=O) groups excluding carboxylic acids is 2. The van der Waals surface area contributed by atoms with Crippen LogP contribution in [-0.2, 0) is 20.9 Å². The first-order valence-corrected chi connectivity index (χ1v) is 9.21. The predicted molar refractivity (Wildman–Crippen MR) is 103 cm³/mol. The van der Waals surface area contributed by atoms with E-state index in [1.165, 1.54) is 0 Å². The van der Waals surface area contributed by atoms with Crippen LogP contribution >= 0.6 is 0 Å². The molecule has 1 saturated heterocycles. The Bertz CT molecular complexity index is 737. The fourth-order valence-electron chi connectivity index (χ4n) is 3.04. The third-order valence-electron chi connectivity index (χ3n) is 4.54. The number of carbonyl (C=O) groups is 2. The summed E-state index contributed by atoms with van der Waals surface area (Å²) < 4.78 is 5.84. The highest BCUT2D eigenvalue weighted by molar-refractivity contribution is 6.35. The molecule has 1 fully saturated rings. The van der Waals surface area contributed by atoms with E-state index in [9.17, 15) is 9.59 Å². The highest BCUT2D eigenvalue weighted by Crippen LogP contribution is 2.21. The third kappa shape index (κ3) is 5.91. The van der Waals surface area contributed by atoms with Gasteiger partial charge in [0.2, 0.25) is 0 Å². The van der Waals surface area contributed by atoms with E-state index in [2.05, 4.69) is 27.7 Å². The quantitative estimate of drug-likeness (QED) is 0.759. The van der Waals surface area contributed by atoms with Gasteiger partial charge in [-0.25, -0.2) is 0 Å². The van der Waals surface area contributed by atoms with Gasteiger partial charge >= 0.3 is 11.8 Å². The van der Waals surface area contributed by atoms with Crippen molar-refractivity contribution < 1.29 is 14.3 Å². The van der Waals surface area contributed by atoms with Crippen LogP contribution in [0.4, 0.5) is 0 Å². The molecule has 2 amide bonds. The van der Waals surface area contributed by atoms with Crippen LogP contribution in [0, 0.1) is 0 Å². The third-order valence-corrected chi connectivity index (χ3v) is 4.54. The number of benzene rings is 2. The molecule has 2 aromatic rings. The van der Waals surface area contributed by atoms with Crippen molar-refractivity contribution in [1.29, 1.82) is 0 Å². The van der Waals surface area contributed by atoms with Crippen molar-refractivity contribution in [2.45, 2.75) is 12.6 Å². The molecule has 0 saturated carbocycles. The van der Waals surface area contributed by atoms with Crippen LogP contribution < -0.4 is 10.6 Å². The minimum absolute atomic E-state index is 0.0461. The maximum absolute atomic E-state index is 11.9. The highest BCUT2D eigenvalue weighted by atomic mass is 16.5. The van der Waals surface area contributed by atoms with Gasteiger partial charge in [0.05, 0.1) is 12.7 Å². The van der Waals surface area contributed by atoms with Gasteiger partial charge in [-0.05, 0) is 11.1 Å². The average molecular weight is 367 g/mol. The summed E-state index contributed by atoms with van der Waals surface area (Å²) in [7, 11) is 0. The van der Waals surface area contributed by atoms with Crippen molar-refractivity contribution in [2.24, 2.45) is 0 Å². The molecule has 3 rings (SSSR count). The van der Waals surface area contributed by atoms with Crippen LogP contribution in [0.3, 0.4) is 0 Å². The molecule has 0 spiro atoms. The largest absolute Gasteiger partial charge is 0.371 e. The maximum atomic E-state index is 11.9. The number of hydrogen-bond acceptors (Lipinski definition) is 4. The minimum atomic E-state index is -0.608. The van der Waals surface area contributed by atoms with E-state index in [4.69, 9.17) is 4.74 Å². The second-order valence-corrected chi connectivity index (χ2v) is 6.49. The van der Waals surface area contributed by atoms with Crippen molar-refractivity contribution >= 4 is 11.8 Å². The summed E-state index contributed by atoms with van der Waals surface area (Å²) in [6.45, 7) is 3.71. The Morgan fingerprint density at radius 3 is 2.37 bits per heavy atom.